The van der Waals surface area contributed by atoms with Gasteiger partial charge in [-0.3, -0.25) is 0 Å². The monoisotopic (exact) mass is 357 g/mol. The molecule has 0 aromatic heterocycles. The van der Waals surface area contributed by atoms with Crippen LogP contribution in [0.5, 0.6) is 0 Å². The number of carbonyl (C=O) groups excluding carboxylic acids is 1. The zero-order valence-electron chi connectivity index (χ0n) is 10.2. The van der Waals surface area contributed by atoms with E-state index in [0.29, 0.717) is 10.6 Å². The summed E-state index contributed by atoms with van der Waals surface area (Å²) in [6, 6.07) is 9.02. The van der Waals surface area contributed by atoms with Crippen LogP contribution in [0.3, 0.4) is 0 Å². The van der Waals surface area contributed by atoms with Gasteiger partial charge in [0.2, 0.25) is 0 Å². The second-order valence-electron chi connectivity index (χ2n) is 4.02. The smallest absolute Gasteiger partial charge is 0.340 e. The number of halogens is 3. The lowest BCUT2D eigenvalue weighted by molar-refractivity contribution is 0.0473. The number of anilines is 1. The van der Waals surface area contributed by atoms with Crippen LogP contribution in [0.15, 0.2) is 40.9 Å². The predicted molar refractivity (Wildman–Crippen MR) is 79.1 cm³/mol. The summed E-state index contributed by atoms with van der Waals surface area (Å²) >= 11 is 8.85. The van der Waals surface area contributed by atoms with Crippen LogP contribution in [0.1, 0.15) is 15.9 Å². The highest BCUT2D eigenvalue weighted by Gasteiger charge is 2.13. The molecular weight excluding hydrogens is 349 g/mol. The molecule has 0 spiro atoms. The Morgan fingerprint density at radius 3 is 2.80 bits per heavy atom. The zero-order valence-corrected chi connectivity index (χ0v) is 12.5. The van der Waals surface area contributed by atoms with Gasteiger partial charge in [0.25, 0.3) is 0 Å². The second kappa shape index (κ2) is 6.24. The van der Waals surface area contributed by atoms with Gasteiger partial charge in [-0.05, 0) is 40.2 Å². The van der Waals surface area contributed by atoms with Crippen molar-refractivity contribution in [1.82, 2.24) is 0 Å². The van der Waals surface area contributed by atoms with E-state index in [0.717, 1.165) is 0 Å². The summed E-state index contributed by atoms with van der Waals surface area (Å²) in [7, 11) is 0. The van der Waals surface area contributed by atoms with E-state index in [-0.39, 0.29) is 22.3 Å². The van der Waals surface area contributed by atoms with Gasteiger partial charge in [-0.25, -0.2) is 9.18 Å². The summed E-state index contributed by atoms with van der Waals surface area (Å²) in [6.45, 7) is -0.0563. The molecule has 3 nitrogen and oxygen atoms in total. The molecule has 2 rings (SSSR count). The highest BCUT2D eigenvalue weighted by Crippen LogP contribution is 2.23. The molecule has 2 N–H and O–H groups in total. The molecule has 0 aliphatic carbocycles. The molecule has 2 aromatic carbocycles. The average Bonchev–Trinajstić information content (AvgIpc) is 2.40. The lowest BCUT2D eigenvalue weighted by atomic mass is 10.2. The number of carbonyl (C=O) groups is 1. The van der Waals surface area contributed by atoms with Gasteiger partial charge < -0.3 is 10.5 Å². The summed E-state index contributed by atoms with van der Waals surface area (Å²) in [5.41, 5.74) is 6.68. The first-order chi connectivity index (χ1) is 9.49. The minimum absolute atomic E-state index is 0.0563. The van der Waals surface area contributed by atoms with Gasteiger partial charge >= 0.3 is 5.97 Å². The standard InChI is InChI=1S/C14H10BrClFNO2/c15-13-8(2-1-3-11(13)17)7-20-14(19)10-5-4-9(16)6-12(10)18/h1-6H,7,18H2. The molecule has 0 atom stereocenters. The Balaban J connectivity index is 2.11. The highest BCUT2D eigenvalue weighted by molar-refractivity contribution is 9.10. The van der Waals surface area contributed by atoms with Crippen molar-refractivity contribution >= 4 is 39.2 Å². The van der Waals surface area contributed by atoms with Crippen LogP contribution in [0, 0.1) is 5.82 Å². The molecule has 20 heavy (non-hydrogen) atoms. The van der Waals surface area contributed by atoms with E-state index in [1.807, 2.05) is 0 Å². The summed E-state index contributed by atoms with van der Waals surface area (Å²) in [6.07, 6.45) is 0. The number of ether oxygens (including phenoxy) is 1. The summed E-state index contributed by atoms with van der Waals surface area (Å²) in [5, 5.41) is 0.437. The molecule has 0 heterocycles. The summed E-state index contributed by atoms with van der Waals surface area (Å²) < 4.78 is 18.7. The number of hydrogen-bond donors (Lipinski definition) is 1. The highest BCUT2D eigenvalue weighted by atomic mass is 79.9. The fraction of sp³-hybridized carbons (Fsp3) is 0.0714. The van der Waals surface area contributed by atoms with Crippen molar-refractivity contribution < 1.29 is 13.9 Å². The van der Waals surface area contributed by atoms with Crippen molar-refractivity contribution in [3.63, 3.8) is 0 Å². The van der Waals surface area contributed by atoms with Gasteiger partial charge in [0, 0.05) is 16.3 Å². The topological polar surface area (TPSA) is 52.3 Å². The summed E-state index contributed by atoms with van der Waals surface area (Å²) in [4.78, 5) is 11.9. The normalized spacial score (nSPS) is 10.3. The SMILES string of the molecule is Nc1cc(Cl)ccc1C(=O)OCc1cccc(F)c1Br. The molecule has 0 fully saturated rings. The van der Waals surface area contributed by atoms with Crippen LogP contribution in [-0.4, -0.2) is 5.97 Å². The van der Waals surface area contributed by atoms with Gasteiger partial charge in [0.1, 0.15) is 12.4 Å². The molecular formula is C14H10BrClFNO2. The quantitative estimate of drug-likeness (QED) is 0.661. The van der Waals surface area contributed by atoms with Crippen molar-refractivity contribution in [3.8, 4) is 0 Å². The van der Waals surface area contributed by atoms with Gasteiger partial charge in [0.15, 0.2) is 0 Å². The Kier molecular flexibility index (Phi) is 4.62. The zero-order chi connectivity index (χ0) is 14.7. The first-order valence-electron chi connectivity index (χ1n) is 5.64. The first-order valence-corrected chi connectivity index (χ1v) is 6.81. The molecule has 2 aromatic rings. The minimum Gasteiger partial charge on any atom is -0.457 e. The second-order valence-corrected chi connectivity index (χ2v) is 5.25. The van der Waals surface area contributed by atoms with Crippen molar-refractivity contribution in [2.75, 3.05) is 5.73 Å². The molecule has 0 bridgehead atoms. The van der Waals surface area contributed by atoms with Crippen LogP contribution in [0.4, 0.5) is 10.1 Å². The number of rotatable bonds is 3. The van der Waals surface area contributed by atoms with Crippen molar-refractivity contribution in [3.05, 3.63) is 62.8 Å². The fourth-order valence-corrected chi connectivity index (χ4v) is 2.16. The Labute approximate surface area is 128 Å². The molecule has 0 aliphatic heterocycles. The van der Waals surface area contributed by atoms with Crippen LogP contribution in [-0.2, 0) is 11.3 Å². The van der Waals surface area contributed by atoms with Crippen LogP contribution < -0.4 is 5.73 Å². The van der Waals surface area contributed by atoms with Crippen molar-refractivity contribution in [2.45, 2.75) is 6.61 Å². The molecule has 0 radical (unpaired) electrons. The van der Waals surface area contributed by atoms with Crippen LogP contribution in [0.2, 0.25) is 5.02 Å². The Morgan fingerprint density at radius 1 is 1.35 bits per heavy atom. The third kappa shape index (κ3) is 3.29. The van der Waals surface area contributed by atoms with E-state index in [2.05, 4.69) is 15.9 Å². The van der Waals surface area contributed by atoms with E-state index in [4.69, 9.17) is 22.1 Å². The average molecular weight is 359 g/mol. The van der Waals surface area contributed by atoms with E-state index in [9.17, 15) is 9.18 Å². The van der Waals surface area contributed by atoms with E-state index >= 15 is 0 Å². The van der Waals surface area contributed by atoms with Crippen molar-refractivity contribution in [1.29, 1.82) is 0 Å². The van der Waals surface area contributed by atoms with Gasteiger partial charge in [0.05, 0.1) is 10.0 Å². The van der Waals surface area contributed by atoms with E-state index in [1.165, 1.54) is 18.2 Å². The summed E-state index contributed by atoms with van der Waals surface area (Å²) in [5.74, 6) is -1.00. The van der Waals surface area contributed by atoms with Gasteiger partial charge in [-0.1, -0.05) is 23.7 Å². The largest absolute Gasteiger partial charge is 0.457 e. The molecule has 0 aliphatic rings. The van der Waals surface area contributed by atoms with E-state index < -0.39 is 11.8 Å². The molecule has 0 saturated carbocycles. The van der Waals surface area contributed by atoms with Crippen LogP contribution in [0.25, 0.3) is 0 Å². The maximum atomic E-state index is 13.3. The van der Waals surface area contributed by atoms with Gasteiger partial charge in [-0.2, -0.15) is 0 Å². The molecule has 6 heteroatoms. The number of nitrogen functional groups attached to an aromatic ring is 1. The minimum atomic E-state index is -0.588. The molecule has 0 unspecified atom stereocenters. The van der Waals surface area contributed by atoms with Crippen LogP contribution >= 0.6 is 27.5 Å². The Bertz CT molecular complexity index is 664. The van der Waals surface area contributed by atoms with Gasteiger partial charge in [-0.15, -0.1) is 0 Å². The number of benzene rings is 2. The van der Waals surface area contributed by atoms with E-state index in [1.54, 1.807) is 18.2 Å². The number of esters is 1. The Morgan fingerprint density at radius 2 is 2.10 bits per heavy atom. The number of hydrogen-bond acceptors (Lipinski definition) is 3. The number of nitrogens with two attached hydrogens (primary N) is 1. The first kappa shape index (κ1) is 14.8. The predicted octanol–water partition coefficient (Wildman–Crippen LogP) is 4.18. The lowest BCUT2D eigenvalue weighted by Gasteiger charge is -2.09. The fourth-order valence-electron chi connectivity index (χ4n) is 1.60. The third-order valence-electron chi connectivity index (χ3n) is 2.62. The molecule has 104 valence electrons. The molecule has 0 amide bonds. The van der Waals surface area contributed by atoms with Crippen molar-refractivity contribution in [2.24, 2.45) is 0 Å². The maximum Gasteiger partial charge on any atom is 0.340 e. The lowest BCUT2D eigenvalue weighted by Crippen LogP contribution is -2.08. The Hall–Kier alpha value is -1.59. The third-order valence-corrected chi connectivity index (χ3v) is 3.75. The molecule has 0 saturated heterocycles. The maximum absolute atomic E-state index is 13.3.